The van der Waals surface area contributed by atoms with Crippen LogP contribution in [0.15, 0.2) is 18.2 Å². The molecular formula is C21H27N3O3. The number of piperazine rings is 1. The molecule has 0 unspecified atom stereocenters. The molecule has 2 fully saturated rings. The van der Waals surface area contributed by atoms with E-state index in [9.17, 15) is 4.79 Å². The van der Waals surface area contributed by atoms with Crippen LogP contribution in [0, 0.1) is 11.8 Å². The Morgan fingerprint density at radius 1 is 1.15 bits per heavy atom. The lowest BCUT2D eigenvalue weighted by Crippen LogP contribution is -2.55. The van der Waals surface area contributed by atoms with Crippen molar-refractivity contribution in [1.29, 1.82) is 0 Å². The molecule has 1 atom stereocenters. The van der Waals surface area contributed by atoms with Crippen LogP contribution in [0.4, 0.5) is 0 Å². The van der Waals surface area contributed by atoms with E-state index in [2.05, 4.69) is 33.8 Å². The number of ether oxygens (including phenoxy) is 2. The number of hydrogen-bond acceptors (Lipinski definition) is 5. The van der Waals surface area contributed by atoms with Crippen LogP contribution in [-0.2, 0) is 11.3 Å². The van der Waals surface area contributed by atoms with E-state index < -0.39 is 0 Å². The first-order chi connectivity index (χ1) is 13.2. The highest BCUT2D eigenvalue weighted by molar-refractivity contribution is 5.93. The Kier molecular flexibility index (Phi) is 5.51. The number of piperidine rings is 1. The molecule has 0 radical (unpaired) electrons. The number of nitrogens with zero attached hydrogens (tertiary/aromatic N) is 3. The van der Waals surface area contributed by atoms with E-state index in [1.165, 1.54) is 12.0 Å². The van der Waals surface area contributed by atoms with Gasteiger partial charge >= 0.3 is 0 Å². The molecule has 1 aromatic rings. The zero-order valence-corrected chi connectivity index (χ0v) is 15.9. The third kappa shape index (κ3) is 4.20. The number of hydrogen-bond donors (Lipinski definition) is 0. The van der Waals surface area contributed by atoms with Crippen molar-refractivity contribution in [2.45, 2.75) is 32.4 Å². The Balaban J connectivity index is 1.28. The van der Waals surface area contributed by atoms with E-state index in [1.807, 2.05) is 11.0 Å². The normalized spacial score (nSPS) is 23.0. The van der Waals surface area contributed by atoms with Gasteiger partial charge in [0.2, 0.25) is 6.79 Å². The van der Waals surface area contributed by atoms with Gasteiger partial charge in [-0.2, -0.15) is 0 Å². The Morgan fingerprint density at radius 3 is 2.78 bits per heavy atom. The number of rotatable bonds is 3. The molecule has 0 bridgehead atoms. The lowest BCUT2D eigenvalue weighted by Gasteiger charge is -2.43. The lowest BCUT2D eigenvalue weighted by molar-refractivity contribution is -0.127. The number of likely N-dealkylation sites (tertiary alicyclic amines) is 1. The highest BCUT2D eigenvalue weighted by atomic mass is 16.7. The molecule has 0 aliphatic carbocycles. The smallest absolute Gasteiger partial charge is 0.298 e. The van der Waals surface area contributed by atoms with Gasteiger partial charge in [0, 0.05) is 51.9 Å². The highest BCUT2D eigenvalue weighted by Crippen LogP contribution is 2.33. The maximum absolute atomic E-state index is 12.1. The third-order valence-corrected chi connectivity index (χ3v) is 5.68. The maximum atomic E-state index is 12.1. The maximum Gasteiger partial charge on any atom is 0.298 e. The summed E-state index contributed by atoms with van der Waals surface area (Å²) in [6.45, 7) is 8.84. The quantitative estimate of drug-likeness (QED) is 0.757. The number of fused-ring (bicyclic) bond motifs is 1. The van der Waals surface area contributed by atoms with Gasteiger partial charge < -0.3 is 14.4 Å². The van der Waals surface area contributed by atoms with E-state index >= 15 is 0 Å². The van der Waals surface area contributed by atoms with Gasteiger partial charge in [-0.15, -0.1) is 0 Å². The third-order valence-electron chi connectivity index (χ3n) is 5.68. The van der Waals surface area contributed by atoms with Crippen molar-refractivity contribution in [2.75, 3.05) is 46.1 Å². The van der Waals surface area contributed by atoms with Crippen LogP contribution in [0.5, 0.6) is 11.5 Å². The summed E-state index contributed by atoms with van der Waals surface area (Å²) in [5.41, 5.74) is 1.26. The molecular weight excluding hydrogens is 342 g/mol. The minimum Gasteiger partial charge on any atom is -0.454 e. The fourth-order valence-corrected chi connectivity index (χ4v) is 4.21. The Labute approximate surface area is 161 Å². The van der Waals surface area contributed by atoms with Crippen LogP contribution >= 0.6 is 0 Å². The predicted molar refractivity (Wildman–Crippen MR) is 102 cm³/mol. The van der Waals surface area contributed by atoms with Crippen LogP contribution in [0.2, 0.25) is 0 Å². The first-order valence-corrected chi connectivity index (χ1v) is 9.79. The minimum atomic E-state index is -0.0244. The zero-order valence-electron chi connectivity index (χ0n) is 15.9. The molecule has 1 aromatic carbocycles. The van der Waals surface area contributed by atoms with Crippen molar-refractivity contribution in [3.63, 3.8) is 0 Å². The summed E-state index contributed by atoms with van der Waals surface area (Å²) in [4.78, 5) is 19.0. The Morgan fingerprint density at radius 2 is 1.96 bits per heavy atom. The Bertz CT molecular complexity index is 747. The largest absolute Gasteiger partial charge is 0.454 e. The summed E-state index contributed by atoms with van der Waals surface area (Å²) in [5, 5.41) is 0. The van der Waals surface area contributed by atoms with Crippen LogP contribution < -0.4 is 9.47 Å². The molecule has 3 aliphatic rings. The van der Waals surface area contributed by atoms with E-state index in [-0.39, 0.29) is 5.91 Å². The van der Waals surface area contributed by atoms with Gasteiger partial charge in [0.05, 0.1) is 0 Å². The standard InChI is InChI=1S/C21H27N3O3/c1-2-4-21(25)24-8-3-5-18(15-24)23-11-9-22(10-12-23)14-17-6-7-19-20(13-17)27-16-26-19/h6-7,13,18H,3,5,8-12,14-16H2,1H3/t18-/m1/s1. The summed E-state index contributed by atoms with van der Waals surface area (Å²) in [7, 11) is 0. The average Bonchev–Trinajstić information content (AvgIpc) is 3.17. The van der Waals surface area contributed by atoms with Gasteiger partial charge in [-0.25, -0.2) is 0 Å². The lowest BCUT2D eigenvalue weighted by atomic mass is 10.0. The number of carbonyl (C=O) groups excluding carboxylic acids is 1. The van der Waals surface area contributed by atoms with Gasteiger partial charge in [-0.05, 0) is 43.4 Å². The molecule has 27 heavy (non-hydrogen) atoms. The molecule has 144 valence electrons. The molecule has 1 amide bonds. The molecule has 6 heteroatoms. The molecule has 0 saturated carbocycles. The van der Waals surface area contributed by atoms with Gasteiger partial charge in [0.15, 0.2) is 11.5 Å². The fraction of sp³-hybridized carbons (Fsp3) is 0.571. The second-order valence-electron chi connectivity index (χ2n) is 7.42. The fourth-order valence-electron chi connectivity index (χ4n) is 4.21. The van der Waals surface area contributed by atoms with E-state index in [0.29, 0.717) is 12.8 Å². The van der Waals surface area contributed by atoms with E-state index in [0.717, 1.165) is 63.7 Å². The van der Waals surface area contributed by atoms with Crippen molar-refractivity contribution in [2.24, 2.45) is 0 Å². The molecule has 2 saturated heterocycles. The Hall–Kier alpha value is -2.23. The first kappa shape index (κ1) is 18.1. The molecule has 6 nitrogen and oxygen atoms in total. The van der Waals surface area contributed by atoms with Crippen LogP contribution in [0.1, 0.15) is 25.3 Å². The highest BCUT2D eigenvalue weighted by Gasteiger charge is 2.29. The van der Waals surface area contributed by atoms with Crippen LogP contribution in [0.3, 0.4) is 0 Å². The van der Waals surface area contributed by atoms with Crippen LogP contribution in [0.25, 0.3) is 0 Å². The van der Waals surface area contributed by atoms with Crippen molar-refractivity contribution < 1.29 is 14.3 Å². The molecule has 3 heterocycles. The van der Waals surface area contributed by atoms with Crippen molar-refractivity contribution in [3.8, 4) is 23.3 Å². The second-order valence-corrected chi connectivity index (χ2v) is 7.42. The molecule has 0 spiro atoms. The molecule has 0 N–H and O–H groups in total. The van der Waals surface area contributed by atoms with Gasteiger partial charge in [-0.3, -0.25) is 14.6 Å². The monoisotopic (exact) mass is 369 g/mol. The number of benzene rings is 1. The summed E-state index contributed by atoms with van der Waals surface area (Å²) in [6, 6.07) is 6.68. The van der Waals surface area contributed by atoms with Crippen LogP contribution in [-0.4, -0.2) is 72.7 Å². The average molecular weight is 369 g/mol. The summed E-state index contributed by atoms with van der Waals surface area (Å²) < 4.78 is 10.9. The second kappa shape index (κ2) is 8.20. The first-order valence-electron chi connectivity index (χ1n) is 9.79. The topological polar surface area (TPSA) is 45.3 Å². The van der Waals surface area contributed by atoms with E-state index in [4.69, 9.17) is 9.47 Å². The zero-order chi connectivity index (χ0) is 18.6. The number of amides is 1. The van der Waals surface area contributed by atoms with E-state index in [1.54, 1.807) is 6.92 Å². The predicted octanol–water partition coefficient (Wildman–Crippen LogP) is 1.55. The SMILES string of the molecule is CC#CC(=O)N1CCC[C@@H](N2CCN(Cc3ccc4c(c3)OCO4)CC2)C1. The van der Waals surface area contributed by atoms with Gasteiger partial charge in [0.1, 0.15) is 0 Å². The van der Waals surface area contributed by atoms with Crippen molar-refractivity contribution >= 4 is 5.91 Å². The molecule has 3 aliphatic heterocycles. The molecule has 0 aromatic heterocycles. The van der Waals surface area contributed by atoms with Crippen molar-refractivity contribution in [3.05, 3.63) is 23.8 Å². The molecule has 4 rings (SSSR count). The summed E-state index contributed by atoms with van der Waals surface area (Å²) in [5.74, 6) is 7.08. The number of carbonyl (C=O) groups is 1. The summed E-state index contributed by atoms with van der Waals surface area (Å²) in [6.07, 6.45) is 2.24. The summed E-state index contributed by atoms with van der Waals surface area (Å²) >= 11 is 0. The van der Waals surface area contributed by atoms with Gasteiger partial charge in [-0.1, -0.05) is 12.0 Å². The minimum absolute atomic E-state index is 0.0244. The van der Waals surface area contributed by atoms with Crippen molar-refractivity contribution in [1.82, 2.24) is 14.7 Å². The van der Waals surface area contributed by atoms with Gasteiger partial charge in [0.25, 0.3) is 5.91 Å².